The summed E-state index contributed by atoms with van der Waals surface area (Å²) in [6.45, 7) is 7.72. The Morgan fingerprint density at radius 2 is 2.10 bits per heavy atom. The zero-order chi connectivity index (χ0) is 14.5. The number of likely N-dealkylation sites (N-methyl/N-ethyl adjacent to an activating group) is 1. The van der Waals surface area contributed by atoms with Crippen LogP contribution in [0.3, 0.4) is 0 Å². The van der Waals surface area contributed by atoms with Crippen LogP contribution in [0.1, 0.15) is 20.3 Å². The second-order valence-corrected chi connectivity index (χ2v) is 5.08. The number of nitrogens with zero attached hydrogens (tertiary/aromatic N) is 5. The summed E-state index contributed by atoms with van der Waals surface area (Å²) in [5, 5.41) is 2.97. The van der Waals surface area contributed by atoms with Gasteiger partial charge in [-0.1, -0.05) is 0 Å². The smallest absolute Gasteiger partial charge is 0.323 e. The molecule has 1 fully saturated rings. The molecule has 0 spiro atoms. The molecule has 1 unspecified atom stereocenters. The van der Waals surface area contributed by atoms with Gasteiger partial charge in [0.25, 0.3) is 0 Å². The number of anilines is 2. The van der Waals surface area contributed by atoms with Gasteiger partial charge in [-0.25, -0.2) is 0 Å². The zero-order valence-corrected chi connectivity index (χ0v) is 12.8. The summed E-state index contributed by atoms with van der Waals surface area (Å²) >= 11 is 0. The van der Waals surface area contributed by atoms with Gasteiger partial charge in [0.1, 0.15) is 0 Å². The first-order chi connectivity index (χ1) is 9.63. The highest BCUT2D eigenvalue weighted by molar-refractivity contribution is 5.39. The summed E-state index contributed by atoms with van der Waals surface area (Å²) < 4.78 is 5.43. The third kappa shape index (κ3) is 3.47. The van der Waals surface area contributed by atoms with E-state index in [4.69, 9.17) is 4.74 Å². The predicted octanol–water partition coefficient (Wildman–Crippen LogP) is 0.842. The first-order valence-electron chi connectivity index (χ1n) is 7.15. The largest absolute Gasteiger partial charge is 0.464 e. The first kappa shape index (κ1) is 14.8. The molecule has 1 aliphatic rings. The Balaban J connectivity index is 2.27. The molecule has 1 aromatic heterocycles. The van der Waals surface area contributed by atoms with Gasteiger partial charge in [-0.15, -0.1) is 0 Å². The molecule has 0 aromatic carbocycles. The van der Waals surface area contributed by atoms with Gasteiger partial charge in [-0.2, -0.15) is 15.0 Å². The number of hydrogen-bond acceptors (Lipinski definition) is 7. The van der Waals surface area contributed by atoms with Crippen LogP contribution < -0.4 is 15.0 Å². The van der Waals surface area contributed by atoms with E-state index in [0.717, 1.165) is 26.1 Å². The van der Waals surface area contributed by atoms with Crippen LogP contribution in [0.5, 0.6) is 6.01 Å². The fraction of sp³-hybridized carbons (Fsp3) is 0.769. The molecule has 0 aliphatic carbocycles. The molecular formula is C13H24N6O. The van der Waals surface area contributed by atoms with Crippen LogP contribution in [0.2, 0.25) is 0 Å². The number of nitrogens with one attached hydrogen (secondary N) is 1. The van der Waals surface area contributed by atoms with Gasteiger partial charge in [0, 0.05) is 26.2 Å². The van der Waals surface area contributed by atoms with Gasteiger partial charge in [0.15, 0.2) is 0 Å². The second-order valence-electron chi connectivity index (χ2n) is 5.08. The monoisotopic (exact) mass is 280 g/mol. The van der Waals surface area contributed by atoms with Crippen molar-refractivity contribution in [2.75, 3.05) is 50.6 Å². The van der Waals surface area contributed by atoms with Crippen molar-refractivity contribution in [3.8, 4) is 6.01 Å². The quantitative estimate of drug-likeness (QED) is 0.876. The molecule has 0 amide bonds. The van der Waals surface area contributed by atoms with E-state index < -0.39 is 0 Å². The molecule has 0 saturated carbocycles. The van der Waals surface area contributed by atoms with Crippen molar-refractivity contribution in [1.82, 2.24) is 19.9 Å². The Kier molecular flexibility index (Phi) is 4.94. The van der Waals surface area contributed by atoms with Crippen LogP contribution in [0.15, 0.2) is 0 Å². The maximum Gasteiger partial charge on any atom is 0.323 e. The van der Waals surface area contributed by atoms with E-state index in [1.165, 1.54) is 0 Å². The maximum absolute atomic E-state index is 5.43. The van der Waals surface area contributed by atoms with E-state index in [1.807, 2.05) is 6.92 Å². The third-order valence-corrected chi connectivity index (χ3v) is 3.40. The molecular weight excluding hydrogens is 256 g/mol. The van der Waals surface area contributed by atoms with Crippen LogP contribution in [-0.4, -0.2) is 66.2 Å². The van der Waals surface area contributed by atoms with E-state index in [-0.39, 0.29) is 0 Å². The molecule has 2 rings (SSSR count). The molecule has 112 valence electrons. The van der Waals surface area contributed by atoms with E-state index >= 15 is 0 Å². The topological polar surface area (TPSA) is 66.4 Å². The van der Waals surface area contributed by atoms with E-state index in [1.54, 1.807) is 7.05 Å². The lowest BCUT2D eigenvalue weighted by Gasteiger charge is -2.28. The first-order valence-corrected chi connectivity index (χ1v) is 7.15. The molecule has 0 radical (unpaired) electrons. The Hall–Kier alpha value is -1.63. The van der Waals surface area contributed by atoms with E-state index in [9.17, 15) is 0 Å². The molecule has 1 aromatic rings. The molecule has 1 aliphatic heterocycles. The number of hydrogen-bond donors (Lipinski definition) is 1. The number of rotatable bonds is 4. The lowest BCUT2D eigenvalue weighted by atomic mass is 10.3. The highest BCUT2D eigenvalue weighted by Crippen LogP contribution is 2.19. The minimum Gasteiger partial charge on any atom is -0.464 e. The Labute approximate surface area is 120 Å². The van der Waals surface area contributed by atoms with Gasteiger partial charge >= 0.3 is 6.01 Å². The standard InChI is InChI=1S/C13H24N6O/c1-5-20-13-16-11(14-3)15-12(17-13)19-8-6-7-18(4)9-10(19)2/h10H,5-9H2,1-4H3,(H,14,15,16,17). The molecule has 7 nitrogen and oxygen atoms in total. The fourth-order valence-electron chi connectivity index (χ4n) is 2.45. The molecule has 7 heteroatoms. The molecule has 2 heterocycles. The van der Waals surface area contributed by atoms with Crippen LogP contribution in [-0.2, 0) is 0 Å². The maximum atomic E-state index is 5.43. The Bertz CT molecular complexity index is 441. The lowest BCUT2D eigenvalue weighted by Crippen LogP contribution is -2.39. The van der Waals surface area contributed by atoms with Gasteiger partial charge < -0.3 is 19.9 Å². The summed E-state index contributed by atoms with van der Waals surface area (Å²) in [5.74, 6) is 1.24. The molecule has 1 saturated heterocycles. The second kappa shape index (κ2) is 6.69. The Morgan fingerprint density at radius 1 is 1.30 bits per heavy atom. The van der Waals surface area contributed by atoms with Crippen molar-refractivity contribution < 1.29 is 4.74 Å². The van der Waals surface area contributed by atoms with Crippen LogP contribution >= 0.6 is 0 Å². The third-order valence-electron chi connectivity index (χ3n) is 3.40. The van der Waals surface area contributed by atoms with E-state index in [0.29, 0.717) is 30.6 Å². The molecule has 1 N–H and O–H groups in total. The van der Waals surface area contributed by atoms with Crippen molar-refractivity contribution in [3.63, 3.8) is 0 Å². The zero-order valence-electron chi connectivity index (χ0n) is 12.8. The summed E-state index contributed by atoms with van der Waals surface area (Å²) in [6.07, 6.45) is 1.10. The predicted molar refractivity (Wildman–Crippen MR) is 79.5 cm³/mol. The summed E-state index contributed by atoms with van der Waals surface area (Å²) in [6, 6.07) is 0.746. The molecule has 0 bridgehead atoms. The van der Waals surface area contributed by atoms with Crippen molar-refractivity contribution in [2.45, 2.75) is 26.3 Å². The van der Waals surface area contributed by atoms with Gasteiger partial charge in [-0.05, 0) is 33.9 Å². The van der Waals surface area contributed by atoms with Gasteiger partial charge in [-0.3, -0.25) is 0 Å². The Morgan fingerprint density at radius 3 is 2.80 bits per heavy atom. The van der Waals surface area contributed by atoms with Crippen molar-refractivity contribution in [3.05, 3.63) is 0 Å². The molecule has 20 heavy (non-hydrogen) atoms. The van der Waals surface area contributed by atoms with E-state index in [2.05, 4.69) is 44.0 Å². The van der Waals surface area contributed by atoms with Crippen molar-refractivity contribution >= 4 is 11.9 Å². The van der Waals surface area contributed by atoms with Gasteiger partial charge in [0.2, 0.25) is 11.9 Å². The minimum atomic E-state index is 0.365. The normalized spacial score (nSPS) is 20.6. The SMILES string of the molecule is CCOc1nc(NC)nc(N2CCCN(C)CC2C)n1. The fourth-order valence-corrected chi connectivity index (χ4v) is 2.45. The average molecular weight is 280 g/mol. The van der Waals surface area contributed by atoms with Crippen LogP contribution in [0.25, 0.3) is 0 Å². The number of ether oxygens (including phenoxy) is 1. The highest BCUT2D eigenvalue weighted by Gasteiger charge is 2.23. The van der Waals surface area contributed by atoms with Crippen LogP contribution in [0, 0.1) is 0 Å². The van der Waals surface area contributed by atoms with Crippen molar-refractivity contribution in [1.29, 1.82) is 0 Å². The average Bonchev–Trinajstić information content (AvgIpc) is 2.59. The minimum absolute atomic E-state index is 0.365. The van der Waals surface area contributed by atoms with Crippen molar-refractivity contribution in [2.24, 2.45) is 0 Å². The van der Waals surface area contributed by atoms with Gasteiger partial charge in [0.05, 0.1) is 6.61 Å². The highest BCUT2D eigenvalue weighted by atomic mass is 16.5. The lowest BCUT2D eigenvalue weighted by molar-refractivity contribution is 0.311. The van der Waals surface area contributed by atoms with Crippen LogP contribution in [0.4, 0.5) is 11.9 Å². The summed E-state index contributed by atoms with van der Waals surface area (Å²) in [7, 11) is 3.95. The molecule has 1 atom stereocenters. The summed E-state index contributed by atoms with van der Waals surface area (Å²) in [5.41, 5.74) is 0. The number of aromatic nitrogens is 3. The summed E-state index contributed by atoms with van der Waals surface area (Å²) in [4.78, 5) is 17.7.